The molecule has 0 spiro atoms. The second-order valence-corrected chi connectivity index (χ2v) is 7.81. The molecule has 0 aliphatic rings. The van der Waals surface area contributed by atoms with Crippen molar-refractivity contribution in [2.45, 2.75) is 19.0 Å². The van der Waals surface area contributed by atoms with E-state index in [9.17, 15) is 21.6 Å². The zero-order chi connectivity index (χ0) is 20.2. The average molecular weight is 410 g/mol. The number of hydrogen-bond donors (Lipinski definition) is 0. The highest BCUT2D eigenvalue weighted by Gasteiger charge is 2.27. The SMILES string of the molecule is O=S(=O)(CCCC(F)(F)F)Oc1cccc(Oc2cccc3ccccc23)c1. The molecule has 0 unspecified atom stereocenters. The second-order valence-electron chi connectivity index (χ2n) is 6.12. The maximum Gasteiger partial charge on any atom is 0.389 e. The lowest BCUT2D eigenvalue weighted by atomic mass is 10.1. The lowest BCUT2D eigenvalue weighted by molar-refractivity contribution is -0.134. The molecule has 0 atom stereocenters. The lowest BCUT2D eigenvalue weighted by Crippen LogP contribution is -2.16. The Kier molecular flexibility index (Phi) is 5.79. The van der Waals surface area contributed by atoms with E-state index in [1.807, 2.05) is 36.4 Å². The van der Waals surface area contributed by atoms with E-state index in [1.165, 1.54) is 12.1 Å². The minimum Gasteiger partial charge on any atom is -0.457 e. The van der Waals surface area contributed by atoms with Crippen LogP contribution < -0.4 is 8.92 Å². The molecular weight excluding hydrogens is 393 g/mol. The molecule has 0 radical (unpaired) electrons. The molecule has 4 nitrogen and oxygen atoms in total. The predicted molar refractivity (Wildman–Crippen MR) is 100 cm³/mol. The summed E-state index contributed by atoms with van der Waals surface area (Å²) in [6.45, 7) is 0. The van der Waals surface area contributed by atoms with E-state index in [2.05, 4.69) is 0 Å². The fourth-order valence-electron chi connectivity index (χ4n) is 2.64. The minimum absolute atomic E-state index is 0.0234. The van der Waals surface area contributed by atoms with Crippen LogP contribution >= 0.6 is 0 Å². The quantitative estimate of drug-likeness (QED) is 0.470. The molecule has 148 valence electrons. The van der Waals surface area contributed by atoms with Crippen molar-refractivity contribution >= 4 is 20.9 Å². The van der Waals surface area contributed by atoms with Crippen molar-refractivity contribution in [3.8, 4) is 17.2 Å². The van der Waals surface area contributed by atoms with Crippen molar-refractivity contribution in [3.05, 3.63) is 66.7 Å². The first-order valence-electron chi connectivity index (χ1n) is 8.46. The summed E-state index contributed by atoms with van der Waals surface area (Å²) in [5.74, 6) is 0.188. The zero-order valence-electron chi connectivity index (χ0n) is 14.6. The molecule has 3 aromatic carbocycles. The molecule has 28 heavy (non-hydrogen) atoms. The molecule has 0 bridgehead atoms. The average Bonchev–Trinajstić information content (AvgIpc) is 2.60. The first kappa shape index (κ1) is 20.0. The van der Waals surface area contributed by atoms with Gasteiger partial charge in [0.1, 0.15) is 17.2 Å². The first-order valence-corrected chi connectivity index (χ1v) is 10.0. The molecule has 3 aromatic rings. The zero-order valence-corrected chi connectivity index (χ0v) is 15.5. The van der Waals surface area contributed by atoms with E-state index >= 15 is 0 Å². The summed E-state index contributed by atoms with van der Waals surface area (Å²) in [4.78, 5) is 0. The van der Waals surface area contributed by atoms with Gasteiger partial charge in [-0.15, -0.1) is 0 Å². The Morgan fingerprint density at radius 1 is 0.857 bits per heavy atom. The molecule has 0 aliphatic heterocycles. The van der Waals surface area contributed by atoms with Gasteiger partial charge in [0.25, 0.3) is 0 Å². The Hall–Kier alpha value is -2.74. The smallest absolute Gasteiger partial charge is 0.389 e. The van der Waals surface area contributed by atoms with Gasteiger partial charge >= 0.3 is 16.3 Å². The summed E-state index contributed by atoms with van der Waals surface area (Å²) >= 11 is 0. The Morgan fingerprint density at radius 3 is 2.32 bits per heavy atom. The molecular formula is C20H17F3O4S. The van der Waals surface area contributed by atoms with Crippen molar-refractivity contribution in [1.29, 1.82) is 0 Å². The predicted octanol–water partition coefficient (Wildman–Crippen LogP) is 5.68. The van der Waals surface area contributed by atoms with Crippen molar-refractivity contribution in [3.63, 3.8) is 0 Å². The topological polar surface area (TPSA) is 52.6 Å². The van der Waals surface area contributed by atoms with Crippen molar-refractivity contribution in [2.75, 3.05) is 5.75 Å². The molecule has 0 aromatic heterocycles. The number of alkyl halides is 3. The summed E-state index contributed by atoms with van der Waals surface area (Å²) in [5, 5.41) is 1.87. The van der Waals surface area contributed by atoms with E-state index in [1.54, 1.807) is 18.2 Å². The number of benzene rings is 3. The largest absolute Gasteiger partial charge is 0.457 e. The van der Waals surface area contributed by atoms with Crippen LogP contribution in [0.4, 0.5) is 13.2 Å². The first-order chi connectivity index (χ1) is 13.2. The molecule has 3 rings (SSSR count). The fourth-order valence-corrected chi connectivity index (χ4v) is 3.62. The standard InChI is InChI=1S/C20H17F3O4S/c21-20(22,23)12-5-13-28(24,25)27-17-9-4-8-16(14-17)26-19-11-3-7-15-6-1-2-10-18(15)19/h1-4,6-11,14H,5,12-13H2. The molecule has 0 saturated heterocycles. The van der Waals surface area contributed by atoms with E-state index in [-0.39, 0.29) is 5.75 Å². The van der Waals surface area contributed by atoms with Crippen LogP contribution in [0.5, 0.6) is 17.2 Å². The van der Waals surface area contributed by atoms with Gasteiger partial charge in [-0.05, 0) is 30.0 Å². The van der Waals surface area contributed by atoms with Crippen LogP contribution in [0.3, 0.4) is 0 Å². The van der Waals surface area contributed by atoms with Crippen LogP contribution in [0.2, 0.25) is 0 Å². The lowest BCUT2D eigenvalue weighted by Gasteiger charge is -2.11. The third-order valence-corrected chi connectivity index (χ3v) is 5.10. The van der Waals surface area contributed by atoms with Crippen molar-refractivity contribution in [2.24, 2.45) is 0 Å². The van der Waals surface area contributed by atoms with Crippen LogP contribution in [0.15, 0.2) is 66.7 Å². The van der Waals surface area contributed by atoms with Gasteiger partial charge in [0.05, 0.1) is 5.75 Å². The molecule has 0 amide bonds. The molecule has 0 aliphatic carbocycles. The second kappa shape index (κ2) is 8.10. The normalized spacial score (nSPS) is 12.1. The summed E-state index contributed by atoms with van der Waals surface area (Å²) in [6, 6.07) is 19.1. The van der Waals surface area contributed by atoms with Crippen LogP contribution in [0, 0.1) is 0 Å². The van der Waals surface area contributed by atoms with E-state index in [4.69, 9.17) is 8.92 Å². The third-order valence-electron chi connectivity index (χ3n) is 3.86. The van der Waals surface area contributed by atoms with Gasteiger partial charge < -0.3 is 8.92 Å². The fraction of sp³-hybridized carbons (Fsp3) is 0.200. The summed E-state index contributed by atoms with van der Waals surface area (Å²) in [7, 11) is -4.14. The Balaban J connectivity index is 1.72. The van der Waals surface area contributed by atoms with E-state index in [0.29, 0.717) is 11.5 Å². The number of ether oxygens (including phenoxy) is 1. The van der Waals surface area contributed by atoms with E-state index in [0.717, 1.165) is 10.8 Å². The maximum absolute atomic E-state index is 12.2. The minimum atomic E-state index is -4.40. The number of hydrogen-bond acceptors (Lipinski definition) is 4. The Morgan fingerprint density at radius 2 is 1.54 bits per heavy atom. The number of halogens is 3. The molecule has 0 N–H and O–H groups in total. The van der Waals surface area contributed by atoms with Crippen LogP contribution in [-0.4, -0.2) is 20.3 Å². The van der Waals surface area contributed by atoms with Gasteiger partial charge in [0, 0.05) is 17.9 Å². The summed E-state index contributed by atoms with van der Waals surface area (Å²) in [5.41, 5.74) is 0. The van der Waals surface area contributed by atoms with E-state index < -0.39 is 34.9 Å². The van der Waals surface area contributed by atoms with Gasteiger partial charge in [-0.3, -0.25) is 0 Å². The molecule has 0 saturated carbocycles. The van der Waals surface area contributed by atoms with Crippen molar-refractivity contribution in [1.82, 2.24) is 0 Å². The van der Waals surface area contributed by atoms with Gasteiger partial charge in [-0.25, -0.2) is 0 Å². The van der Waals surface area contributed by atoms with Crippen LogP contribution in [-0.2, 0) is 10.1 Å². The monoisotopic (exact) mass is 410 g/mol. The highest BCUT2D eigenvalue weighted by molar-refractivity contribution is 7.87. The number of fused-ring (bicyclic) bond motifs is 1. The summed E-state index contributed by atoms with van der Waals surface area (Å²) < 4.78 is 71.1. The Labute approximate surface area is 160 Å². The maximum atomic E-state index is 12.2. The highest BCUT2D eigenvalue weighted by Crippen LogP contribution is 2.31. The van der Waals surface area contributed by atoms with Gasteiger partial charge in [0.15, 0.2) is 0 Å². The molecule has 0 heterocycles. The number of rotatable bonds is 7. The summed E-state index contributed by atoms with van der Waals surface area (Å²) in [6.07, 6.45) is -6.14. The van der Waals surface area contributed by atoms with Crippen LogP contribution in [0.25, 0.3) is 10.8 Å². The Bertz CT molecular complexity index is 1060. The third kappa shape index (κ3) is 5.63. The van der Waals surface area contributed by atoms with Gasteiger partial charge in [-0.1, -0.05) is 42.5 Å². The van der Waals surface area contributed by atoms with Crippen molar-refractivity contribution < 1.29 is 30.5 Å². The highest BCUT2D eigenvalue weighted by atomic mass is 32.2. The molecule has 0 fully saturated rings. The van der Waals surface area contributed by atoms with Gasteiger partial charge in [-0.2, -0.15) is 21.6 Å². The molecule has 8 heteroatoms. The van der Waals surface area contributed by atoms with Gasteiger partial charge in [0.2, 0.25) is 0 Å². The van der Waals surface area contributed by atoms with Crippen LogP contribution in [0.1, 0.15) is 12.8 Å².